The third kappa shape index (κ3) is 4.84. The zero-order valence-electron chi connectivity index (χ0n) is 12.1. The SMILES string of the molecule is CC(C)N(CCOc1ccc(CN)cc1)CC1CC1. The Morgan fingerprint density at radius 3 is 2.47 bits per heavy atom. The van der Waals surface area contributed by atoms with Crippen molar-refractivity contribution in [1.82, 2.24) is 4.90 Å². The molecule has 0 aromatic heterocycles. The van der Waals surface area contributed by atoms with Gasteiger partial charge in [-0.2, -0.15) is 0 Å². The van der Waals surface area contributed by atoms with E-state index in [4.69, 9.17) is 10.5 Å². The van der Waals surface area contributed by atoms with E-state index < -0.39 is 0 Å². The maximum absolute atomic E-state index is 5.81. The lowest BCUT2D eigenvalue weighted by Crippen LogP contribution is -2.36. The summed E-state index contributed by atoms with van der Waals surface area (Å²) in [5.74, 6) is 1.87. The second kappa shape index (κ2) is 6.92. The molecule has 0 aliphatic heterocycles. The summed E-state index contributed by atoms with van der Waals surface area (Å²) in [7, 11) is 0. The van der Waals surface area contributed by atoms with Crippen LogP contribution in [0.1, 0.15) is 32.3 Å². The van der Waals surface area contributed by atoms with Crippen LogP contribution in [0.4, 0.5) is 0 Å². The summed E-state index contributed by atoms with van der Waals surface area (Å²) < 4.78 is 5.81. The fraction of sp³-hybridized carbons (Fsp3) is 0.625. The topological polar surface area (TPSA) is 38.5 Å². The molecule has 19 heavy (non-hydrogen) atoms. The van der Waals surface area contributed by atoms with Gasteiger partial charge in [0.15, 0.2) is 0 Å². The summed E-state index contributed by atoms with van der Waals surface area (Å²) in [6.07, 6.45) is 2.81. The Morgan fingerprint density at radius 1 is 1.26 bits per heavy atom. The minimum absolute atomic E-state index is 0.586. The van der Waals surface area contributed by atoms with Crippen LogP contribution in [0.5, 0.6) is 5.75 Å². The van der Waals surface area contributed by atoms with Crippen molar-refractivity contribution in [3.05, 3.63) is 29.8 Å². The molecule has 106 valence electrons. The lowest BCUT2D eigenvalue weighted by atomic mass is 10.2. The fourth-order valence-electron chi connectivity index (χ4n) is 2.19. The van der Waals surface area contributed by atoms with E-state index in [1.807, 2.05) is 24.3 Å². The Balaban J connectivity index is 1.73. The number of nitrogens with two attached hydrogens (primary N) is 1. The molecule has 2 rings (SSSR count). The smallest absolute Gasteiger partial charge is 0.119 e. The number of hydrogen-bond acceptors (Lipinski definition) is 3. The predicted octanol–water partition coefficient (Wildman–Crippen LogP) is 2.64. The summed E-state index contributed by atoms with van der Waals surface area (Å²) in [5.41, 5.74) is 6.72. The van der Waals surface area contributed by atoms with Gasteiger partial charge >= 0.3 is 0 Å². The number of hydrogen-bond donors (Lipinski definition) is 1. The Kier molecular flexibility index (Phi) is 5.23. The van der Waals surface area contributed by atoms with Crippen LogP contribution in [0, 0.1) is 5.92 Å². The van der Waals surface area contributed by atoms with E-state index >= 15 is 0 Å². The first-order chi connectivity index (χ1) is 9.19. The molecule has 0 radical (unpaired) electrons. The van der Waals surface area contributed by atoms with Crippen molar-refractivity contribution in [2.45, 2.75) is 39.3 Å². The zero-order chi connectivity index (χ0) is 13.7. The van der Waals surface area contributed by atoms with Crippen molar-refractivity contribution in [3.8, 4) is 5.75 Å². The van der Waals surface area contributed by atoms with E-state index in [0.717, 1.165) is 30.4 Å². The van der Waals surface area contributed by atoms with Crippen LogP contribution in [-0.4, -0.2) is 30.6 Å². The van der Waals surface area contributed by atoms with Gasteiger partial charge < -0.3 is 10.5 Å². The van der Waals surface area contributed by atoms with Gasteiger partial charge in [0.25, 0.3) is 0 Å². The van der Waals surface area contributed by atoms with Gasteiger partial charge in [-0.25, -0.2) is 0 Å². The standard InChI is InChI=1S/C16H26N2O/c1-13(2)18(12-15-3-4-15)9-10-19-16-7-5-14(11-17)6-8-16/h5-8,13,15H,3-4,9-12,17H2,1-2H3. The second-order valence-corrected chi connectivity index (χ2v) is 5.73. The van der Waals surface area contributed by atoms with E-state index in [1.54, 1.807) is 0 Å². The van der Waals surface area contributed by atoms with Crippen molar-refractivity contribution >= 4 is 0 Å². The minimum atomic E-state index is 0.586. The highest BCUT2D eigenvalue weighted by Gasteiger charge is 2.25. The summed E-state index contributed by atoms with van der Waals surface area (Å²) in [5, 5.41) is 0. The Hall–Kier alpha value is -1.06. The Labute approximate surface area is 116 Å². The number of ether oxygens (including phenoxy) is 1. The van der Waals surface area contributed by atoms with E-state index in [2.05, 4.69) is 18.7 Å². The quantitative estimate of drug-likeness (QED) is 0.782. The molecule has 1 aromatic rings. The molecule has 1 saturated carbocycles. The van der Waals surface area contributed by atoms with Crippen LogP contribution in [0.2, 0.25) is 0 Å². The molecular weight excluding hydrogens is 236 g/mol. The van der Waals surface area contributed by atoms with Crippen LogP contribution in [-0.2, 0) is 6.54 Å². The average molecular weight is 262 g/mol. The van der Waals surface area contributed by atoms with Crippen LogP contribution >= 0.6 is 0 Å². The molecule has 1 aromatic carbocycles. The monoisotopic (exact) mass is 262 g/mol. The molecule has 0 amide bonds. The van der Waals surface area contributed by atoms with E-state index in [-0.39, 0.29) is 0 Å². The van der Waals surface area contributed by atoms with Gasteiger partial charge in [0.05, 0.1) is 0 Å². The van der Waals surface area contributed by atoms with E-state index in [1.165, 1.54) is 19.4 Å². The summed E-state index contributed by atoms with van der Waals surface area (Å²) >= 11 is 0. The number of nitrogens with zero attached hydrogens (tertiary/aromatic N) is 1. The molecule has 3 heteroatoms. The molecule has 0 bridgehead atoms. The summed E-state index contributed by atoms with van der Waals surface area (Å²) in [6, 6.07) is 8.66. The molecular formula is C16H26N2O. The van der Waals surface area contributed by atoms with Gasteiger partial charge in [-0.05, 0) is 50.3 Å². The molecule has 2 N–H and O–H groups in total. The van der Waals surface area contributed by atoms with Gasteiger partial charge in [-0.15, -0.1) is 0 Å². The molecule has 0 atom stereocenters. The molecule has 1 aliphatic rings. The molecule has 1 aliphatic carbocycles. The number of rotatable bonds is 8. The lowest BCUT2D eigenvalue weighted by Gasteiger charge is -2.26. The molecule has 0 unspecified atom stereocenters. The fourth-order valence-corrected chi connectivity index (χ4v) is 2.19. The average Bonchev–Trinajstić information content (AvgIpc) is 3.22. The minimum Gasteiger partial charge on any atom is -0.492 e. The van der Waals surface area contributed by atoms with Gasteiger partial charge in [-0.1, -0.05) is 12.1 Å². The Bertz CT molecular complexity index is 371. The highest BCUT2D eigenvalue weighted by molar-refractivity contribution is 5.27. The molecule has 3 nitrogen and oxygen atoms in total. The van der Waals surface area contributed by atoms with E-state index in [0.29, 0.717) is 12.6 Å². The van der Waals surface area contributed by atoms with Crippen molar-refractivity contribution in [2.24, 2.45) is 11.7 Å². The lowest BCUT2D eigenvalue weighted by molar-refractivity contribution is 0.170. The van der Waals surface area contributed by atoms with Gasteiger partial charge in [-0.3, -0.25) is 4.90 Å². The summed E-state index contributed by atoms with van der Waals surface area (Å²) in [6.45, 7) is 8.10. The van der Waals surface area contributed by atoms with Crippen molar-refractivity contribution in [1.29, 1.82) is 0 Å². The third-order valence-corrected chi connectivity index (χ3v) is 3.73. The maximum Gasteiger partial charge on any atom is 0.119 e. The van der Waals surface area contributed by atoms with Gasteiger partial charge in [0, 0.05) is 25.7 Å². The van der Waals surface area contributed by atoms with Gasteiger partial charge in [0.1, 0.15) is 12.4 Å². The van der Waals surface area contributed by atoms with Crippen LogP contribution in [0.3, 0.4) is 0 Å². The van der Waals surface area contributed by atoms with Crippen LogP contribution < -0.4 is 10.5 Å². The third-order valence-electron chi connectivity index (χ3n) is 3.73. The van der Waals surface area contributed by atoms with Gasteiger partial charge in [0.2, 0.25) is 0 Å². The second-order valence-electron chi connectivity index (χ2n) is 5.73. The molecule has 0 spiro atoms. The zero-order valence-corrected chi connectivity index (χ0v) is 12.1. The van der Waals surface area contributed by atoms with Crippen molar-refractivity contribution in [2.75, 3.05) is 19.7 Å². The largest absolute Gasteiger partial charge is 0.492 e. The highest BCUT2D eigenvalue weighted by atomic mass is 16.5. The van der Waals surface area contributed by atoms with Crippen LogP contribution in [0.25, 0.3) is 0 Å². The first-order valence-corrected chi connectivity index (χ1v) is 7.35. The van der Waals surface area contributed by atoms with Crippen molar-refractivity contribution in [3.63, 3.8) is 0 Å². The predicted molar refractivity (Wildman–Crippen MR) is 79.3 cm³/mol. The normalized spacial score (nSPS) is 15.2. The Morgan fingerprint density at radius 2 is 1.95 bits per heavy atom. The first-order valence-electron chi connectivity index (χ1n) is 7.35. The molecule has 1 fully saturated rings. The summed E-state index contributed by atoms with van der Waals surface area (Å²) in [4.78, 5) is 2.52. The highest BCUT2D eigenvalue weighted by Crippen LogP contribution is 2.30. The molecule has 0 heterocycles. The number of benzene rings is 1. The van der Waals surface area contributed by atoms with E-state index in [9.17, 15) is 0 Å². The van der Waals surface area contributed by atoms with Crippen molar-refractivity contribution < 1.29 is 4.74 Å². The first kappa shape index (κ1) is 14.4. The maximum atomic E-state index is 5.81. The van der Waals surface area contributed by atoms with Crippen LogP contribution in [0.15, 0.2) is 24.3 Å². The molecule has 0 saturated heterocycles.